The number of alkyl halides is 3. The van der Waals surface area contributed by atoms with Crippen molar-refractivity contribution >= 4 is 17.8 Å². The minimum absolute atomic E-state index is 0.0420. The highest BCUT2D eigenvalue weighted by atomic mass is 19.4. The molecule has 0 bridgehead atoms. The zero-order valence-electron chi connectivity index (χ0n) is 12.7. The fourth-order valence-corrected chi connectivity index (χ4v) is 2.09. The van der Waals surface area contributed by atoms with E-state index in [1.807, 2.05) is 0 Å². The molecule has 0 saturated carbocycles. The average molecular weight is 355 g/mol. The third kappa shape index (κ3) is 4.69. The number of nitrogen functional groups attached to an aromatic ring is 1. The molecule has 0 spiro atoms. The second kappa shape index (κ2) is 7.20. The maximum Gasteiger partial charge on any atom is 0.573 e. The molecule has 2 aromatic rings. The third-order valence-electron chi connectivity index (χ3n) is 3.25. The van der Waals surface area contributed by atoms with Gasteiger partial charge in [0.1, 0.15) is 11.6 Å². The first-order valence-electron chi connectivity index (χ1n) is 6.92. The molecule has 0 heterocycles. The van der Waals surface area contributed by atoms with Gasteiger partial charge in [-0.15, -0.1) is 13.2 Å². The van der Waals surface area contributed by atoms with Crippen LogP contribution in [0.5, 0.6) is 5.75 Å². The van der Waals surface area contributed by atoms with Crippen LogP contribution < -0.4 is 15.8 Å². The van der Waals surface area contributed by atoms with E-state index in [9.17, 15) is 22.4 Å². The molecule has 0 aliphatic rings. The number of benzene rings is 2. The van der Waals surface area contributed by atoms with Crippen LogP contribution in [0, 0.1) is 11.2 Å². The van der Waals surface area contributed by atoms with Crippen molar-refractivity contribution in [2.45, 2.75) is 12.9 Å². The summed E-state index contributed by atoms with van der Waals surface area (Å²) in [6.45, 7) is -0.235. The predicted octanol–water partition coefficient (Wildman–Crippen LogP) is 3.23. The van der Waals surface area contributed by atoms with E-state index in [2.05, 4.69) is 10.1 Å². The van der Waals surface area contributed by atoms with Gasteiger partial charge in [0.15, 0.2) is 0 Å². The number of carbonyl (C=O) groups excluding carboxylic acids is 1. The van der Waals surface area contributed by atoms with E-state index in [0.29, 0.717) is 0 Å². The summed E-state index contributed by atoms with van der Waals surface area (Å²) in [7, 11) is 0. The molecule has 0 unspecified atom stereocenters. The van der Waals surface area contributed by atoms with E-state index in [-0.39, 0.29) is 28.9 Å². The highest BCUT2D eigenvalue weighted by Gasteiger charge is 2.31. The Hall–Kier alpha value is -3.10. The minimum atomic E-state index is -4.82. The Morgan fingerprint density at radius 2 is 1.84 bits per heavy atom. The van der Waals surface area contributed by atoms with E-state index in [0.717, 1.165) is 36.5 Å². The van der Waals surface area contributed by atoms with E-state index < -0.39 is 23.8 Å². The van der Waals surface area contributed by atoms with Crippen LogP contribution in [0.25, 0.3) is 0 Å². The van der Waals surface area contributed by atoms with Crippen molar-refractivity contribution in [3.05, 3.63) is 58.9 Å². The largest absolute Gasteiger partial charge is 0.573 e. The molecule has 0 saturated heterocycles. The number of hydrogen-bond donors (Lipinski definition) is 3. The fraction of sp³-hybridized carbons (Fsp3) is 0.125. The summed E-state index contributed by atoms with van der Waals surface area (Å²) in [4.78, 5) is 12.0. The predicted molar refractivity (Wildman–Crippen MR) is 83.0 cm³/mol. The molecular formula is C16H13F4N3O2. The Bertz CT molecular complexity index is 789. The standard InChI is InChI=1S/C16H13F4N3O2/c17-13-5-6-14(22)11(7-21)12(13)8-23-15(24)9-1-3-10(4-2-9)25-16(18,19)20/h1-7,21H,8,22H2,(H,23,24). The second-order valence-corrected chi connectivity index (χ2v) is 4.93. The lowest BCUT2D eigenvalue weighted by atomic mass is 10.1. The number of halogens is 4. The first kappa shape index (κ1) is 18.2. The summed E-state index contributed by atoms with van der Waals surface area (Å²) in [5.74, 6) is -1.73. The topological polar surface area (TPSA) is 88.2 Å². The molecule has 2 aromatic carbocycles. The number of anilines is 1. The van der Waals surface area contributed by atoms with Gasteiger partial charge in [0.2, 0.25) is 0 Å². The Kier molecular flexibility index (Phi) is 5.26. The lowest BCUT2D eigenvalue weighted by molar-refractivity contribution is -0.274. The Labute approximate surface area is 139 Å². The molecule has 25 heavy (non-hydrogen) atoms. The van der Waals surface area contributed by atoms with Crippen LogP contribution in [0.3, 0.4) is 0 Å². The molecule has 0 fully saturated rings. The van der Waals surface area contributed by atoms with Gasteiger partial charge in [0.05, 0.1) is 0 Å². The lowest BCUT2D eigenvalue weighted by Crippen LogP contribution is -2.24. The van der Waals surface area contributed by atoms with Crippen molar-refractivity contribution in [3.8, 4) is 5.75 Å². The van der Waals surface area contributed by atoms with Gasteiger partial charge in [-0.05, 0) is 36.4 Å². The average Bonchev–Trinajstić information content (AvgIpc) is 2.54. The van der Waals surface area contributed by atoms with Crippen molar-refractivity contribution in [3.63, 3.8) is 0 Å². The minimum Gasteiger partial charge on any atom is -0.406 e. The number of hydrogen-bond acceptors (Lipinski definition) is 4. The van der Waals surface area contributed by atoms with Gasteiger partial charge in [0, 0.05) is 35.1 Å². The van der Waals surface area contributed by atoms with Crippen molar-refractivity contribution in [2.75, 3.05) is 5.73 Å². The van der Waals surface area contributed by atoms with Gasteiger partial charge in [-0.25, -0.2) is 4.39 Å². The second-order valence-electron chi connectivity index (χ2n) is 4.93. The molecule has 0 atom stereocenters. The molecule has 9 heteroatoms. The maximum absolute atomic E-state index is 13.8. The zero-order valence-corrected chi connectivity index (χ0v) is 12.7. The van der Waals surface area contributed by atoms with E-state index in [1.54, 1.807) is 0 Å². The molecular weight excluding hydrogens is 342 g/mol. The Balaban J connectivity index is 2.09. The van der Waals surface area contributed by atoms with Crippen molar-refractivity contribution in [1.29, 1.82) is 5.41 Å². The highest BCUT2D eigenvalue weighted by Crippen LogP contribution is 2.23. The van der Waals surface area contributed by atoms with Crippen molar-refractivity contribution in [2.24, 2.45) is 0 Å². The quantitative estimate of drug-likeness (QED) is 0.437. The SMILES string of the molecule is N=Cc1c(N)ccc(F)c1CNC(=O)c1ccc(OC(F)(F)F)cc1. The molecule has 132 valence electrons. The Morgan fingerprint density at radius 3 is 2.40 bits per heavy atom. The van der Waals surface area contributed by atoms with Crippen LogP contribution >= 0.6 is 0 Å². The molecule has 0 aliphatic heterocycles. The van der Waals surface area contributed by atoms with E-state index in [4.69, 9.17) is 11.1 Å². The summed E-state index contributed by atoms with van der Waals surface area (Å²) in [6.07, 6.45) is -3.94. The lowest BCUT2D eigenvalue weighted by Gasteiger charge is -2.12. The number of carbonyl (C=O) groups is 1. The first-order chi connectivity index (χ1) is 11.7. The van der Waals surface area contributed by atoms with Crippen LogP contribution in [0.1, 0.15) is 21.5 Å². The molecule has 0 aliphatic carbocycles. The normalized spacial score (nSPS) is 11.0. The molecule has 2 rings (SSSR count). The van der Waals surface area contributed by atoms with Crippen LogP contribution in [0.15, 0.2) is 36.4 Å². The number of nitrogens with one attached hydrogen (secondary N) is 2. The number of rotatable bonds is 5. The molecule has 4 N–H and O–H groups in total. The van der Waals surface area contributed by atoms with Gasteiger partial charge in [-0.3, -0.25) is 4.79 Å². The van der Waals surface area contributed by atoms with Crippen LogP contribution in [-0.2, 0) is 6.54 Å². The molecule has 5 nitrogen and oxygen atoms in total. The smallest absolute Gasteiger partial charge is 0.406 e. The molecule has 1 amide bonds. The summed E-state index contributed by atoms with van der Waals surface area (Å²) in [6, 6.07) is 6.69. The van der Waals surface area contributed by atoms with E-state index >= 15 is 0 Å². The number of ether oxygens (including phenoxy) is 1. The summed E-state index contributed by atoms with van der Waals surface area (Å²) >= 11 is 0. The monoisotopic (exact) mass is 355 g/mol. The first-order valence-corrected chi connectivity index (χ1v) is 6.92. The van der Waals surface area contributed by atoms with Crippen molar-refractivity contribution in [1.82, 2.24) is 5.32 Å². The van der Waals surface area contributed by atoms with Gasteiger partial charge in [0.25, 0.3) is 5.91 Å². The third-order valence-corrected chi connectivity index (χ3v) is 3.25. The summed E-state index contributed by atoms with van der Waals surface area (Å²) < 4.78 is 53.8. The summed E-state index contributed by atoms with van der Waals surface area (Å²) in [5.41, 5.74) is 6.09. The van der Waals surface area contributed by atoms with Gasteiger partial charge >= 0.3 is 6.36 Å². The highest BCUT2D eigenvalue weighted by molar-refractivity contribution is 5.94. The van der Waals surface area contributed by atoms with Crippen LogP contribution in [0.4, 0.5) is 23.2 Å². The summed E-state index contributed by atoms with van der Waals surface area (Å²) in [5, 5.41) is 9.70. The number of nitrogens with two attached hydrogens (primary N) is 1. The van der Waals surface area contributed by atoms with Gasteiger partial charge in [-0.1, -0.05) is 0 Å². The van der Waals surface area contributed by atoms with Gasteiger partial charge < -0.3 is 21.2 Å². The van der Waals surface area contributed by atoms with Crippen LogP contribution in [-0.4, -0.2) is 18.5 Å². The molecule has 0 aromatic heterocycles. The van der Waals surface area contributed by atoms with E-state index in [1.165, 1.54) is 6.07 Å². The van der Waals surface area contributed by atoms with Crippen molar-refractivity contribution < 1.29 is 27.1 Å². The Morgan fingerprint density at radius 1 is 1.20 bits per heavy atom. The van der Waals surface area contributed by atoms with Gasteiger partial charge in [-0.2, -0.15) is 0 Å². The fourth-order valence-electron chi connectivity index (χ4n) is 2.09. The maximum atomic E-state index is 13.8. The molecule has 0 radical (unpaired) electrons. The number of amides is 1. The van der Waals surface area contributed by atoms with Crippen LogP contribution in [0.2, 0.25) is 0 Å². The zero-order chi connectivity index (χ0) is 18.6.